The molecule has 1 fully saturated rings. The fourth-order valence-corrected chi connectivity index (χ4v) is 3.65. The first-order valence-electron chi connectivity index (χ1n) is 5.75. The summed E-state index contributed by atoms with van der Waals surface area (Å²) in [6, 6.07) is 5.07. The van der Waals surface area contributed by atoms with E-state index in [0.29, 0.717) is 0 Å². The molecular formula is C12H16FNO2S. The molecule has 1 aliphatic rings. The lowest BCUT2D eigenvalue weighted by Crippen LogP contribution is -2.35. The van der Waals surface area contributed by atoms with Crippen LogP contribution < -0.4 is 0 Å². The van der Waals surface area contributed by atoms with Gasteiger partial charge in [-0.25, -0.2) is 12.8 Å². The van der Waals surface area contributed by atoms with Crippen molar-refractivity contribution in [2.75, 3.05) is 7.05 Å². The normalized spacial score (nSPS) is 17.8. The van der Waals surface area contributed by atoms with Gasteiger partial charge in [-0.3, -0.25) is 0 Å². The van der Waals surface area contributed by atoms with Gasteiger partial charge in [0.15, 0.2) is 0 Å². The monoisotopic (exact) mass is 257 g/mol. The molecule has 0 bridgehead atoms. The lowest BCUT2D eigenvalue weighted by molar-refractivity contribution is 0.373. The van der Waals surface area contributed by atoms with E-state index in [1.807, 2.05) is 0 Å². The highest BCUT2D eigenvalue weighted by Crippen LogP contribution is 2.27. The summed E-state index contributed by atoms with van der Waals surface area (Å²) in [5.74, 6) is -0.424. The molecule has 0 radical (unpaired) electrons. The molecule has 0 heterocycles. The Morgan fingerprint density at radius 2 is 1.71 bits per heavy atom. The topological polar surface area (TPSA) is 37.4 Å². The van der Waals surface area contributed by atoms with Crippen LogP contribution in [0.1, 0.15) is 25.7 Å². The molecule has 1 aromatic carbocycles. The van der Waals surface area contributed by atoms with E-state index in [4.69, 9.17) is 0 Å². The van der Waals surface area contributed by atoms with Crippen LogP contribution in [0, 0.1) is 5.82 Å². The minimum Gasteiger partial charge on any atom is -0.207 e. The minimum absolute atomic E-state index is 0.0880. The second kappa shape index (κ2) is 4.74. The summed E-state index contributed by atoms with van der Waals surface area (Å²) >= 11 is 0. The molecular weight excluding hydrogens is 241 g/mol. The van der Waals surface area contributed by atoms with E-state index < -0.39 is 15.8 Å². The summed E-state index contributed by atoms with van der Waals surface area (Å²) in [5.41, 5.74) is 0. The number of benzene rings is 1. The predicted octanol–water partition coefficient (Wildman–Crippen LogP) is 2.39. The van der Waals surface area contributed by atoms with Gasteiger partial charge in [0.25, 0.3) is 0 Å². The summed E-state index contributed by atoms with van der Waals surface area (Å²) in [6.45, 7) is 0. The minimum atomic E-state index is -3.47. The first-order valence-corrected chi connectivity index (χ1v) is 7.19. The van der Waals surface area contributed by atoms with E-state index in [0.717, 1.165) is 25.7 Å². The van der Waals surface area contributed by atoms with Crippen LogP contribution in [0.4, 0.5) is 4.39 Å². The molecule has 1 aliphatic carbocycles. The number of hydrogen-bond donors (Lipinski definition) is 0. The van der Waals surface area contributed by atoms with E-state index in [9.17, 15) is 12.8 Å². The lowest BCUT2D eigenvalue weighted by Gasteiger charge is -2.23. The van der Waals surface area contributed by atoms with Gasteiger partial charge in [0.1, 0.15) is 5.82 Å². The van der Waals surface area contributed by atoms with E-state index >= 15 is 0 Å². The summed E-state index contributed by atoms with van der Waals surface area (Å²) in [6.07, 6.45) is 3.98. The molecule has 94 valence electrons. The Bertz CT molecular complexity index is 478. The second-order valence-corrected chi connectivity index (χ2v) is 6.41. The standard InChI is InChI=1S/C12H16FNO2S/c1-14(11-4-2-3-5-11)17(15,16)12-8-6-10(13)7-9-12/h6-9,11H,2-5H2,1H3. The second-order valence-electron chi connectivity index (χ2n) is 4.41. The number of sulfonamides is 1. The Balaban J connectivity index is 2.26. The van der Waals surface area contributed by atoms with E-state index in [2.05, 4.69) is 0 Å². The van der Waals surface area contributed by atoms with Gasteiger partial charge in [0.05, 0.1) is 4.90 Å². The summed E-state index contributed by atoms with van der Waals surface area (Å²) < 4.78 is 38.7. The average Bonchev–Trinajstić information content (AvgIpc) is 2.82. The van der Waals surface area contributed by atoms with Gasteiger partial charge in [-0.15, -0.1) is 0 Å². The van der Waals surface area contributed by atoms with Crippen LogP contribution in [0.2, 0.25) is 0 Å². The first kappa shape index (κ1) is 12.5. The molecule has 0 amide bonds. The third kappa shape index (κ3) is 2.50. The van der Waals surface area contributed by atoms with Gasteiger partial charge < -0.3 is 0 Å². The van der Waals surface area contributed by atoms with E-state index in [-0.39, 0.29) is 10.9 Å². The average molecular weight is 257 g/mol. The van der Waals surface area contributed by atoms with E-state index in [1.54, 1.807) is 7.05 Å². The van der Waals surface area contributed by atoms with Gasteiger partial charge in [-0.2, -0.15) is 4.31 Å². The lowest BCUT2D eigenvalue weighted by atomic mass is 10.3. The molecule has 17 heavy (non-hydrogen) atoms. The van der Waals surface area contributed by atoms with Gasteiger partial charge in [0.2, 0.25) is 10.0 Å². The van der Waals surface area contributed by atoms with Crippen molar-refractivity contribution in [1.82, 2.24) is 4.31 Å². The predicted molar refractivity (Wildman–Crippen MR) is 63.6 cm³/mol. The maximum absolute atomic E-state index is 12.8. The highest BCUT2D eigenvalue weighted by atomic mass is 32.2. The smallest absolute Gasteiger partial charge is 0.207 e. The first-order chi connectivity index (χ1) is 8.01. The largest absolute Gasteiger partial charge is 0.243 e. The molecule has 0 aromatic heterocycles. The van der Waals surface area contributed by atoms with Gasteiger partial charge >= 0.3 is 0 Å². The van der Waals surface area contributed by atoms with Gasteiger partial charge in [0, 0.05) is 13.1 Å². The van der Waals surface area contributed by atoms with Crippen LogP contribution in [0.5, 0.6) is 0 Å². The quantitative estimate of drug-likeness (QED) is 0.833. The molecule has 2 rings (SSSR count). The molecule has 0 atom stereocenters. The SMILES string of the molecule is CN(C1CCCC1)S(=O)(=O)c1ccc(F)cc1. The zero-order valence-electron chi connectivity index (χ0n) is 9.77. The van der Waals surface area contributed by atoms with Crippen molar-refractivity contribution in [2.24, 2.45) is 0 Å². The molecule has 0 spiro atoms. The van der Waals surface area contributed by atoms with Crippen LogP contribution >= 0.6 is 0 Å². The third-order valence-corrected chi connectivity index (χ3v) is 5.25. The molecule has 1 aromatic rings. The van der Waals surface area contributed by atoms with Crippen LogP contribution in [0.15, 0.2) is 29.2 Å². The molecule has 0 unspecified atom stereocenters. The van der Waals surface area contributed by atoms with Crippen LogP contribution in [-0.4, -0.2) is 25.8 Å². The number of halogens is 1. The van der Waals surface area contributed by atoms with Crippen LogP contribution in [0.3, 0.4) is 0 Å². The third-order valence-electron chi connectivity index (χ3n) is 3.33. The molecule has 3 nitrogen and oxygen atoms in total. The van der Waals surface area contributed by atoms with Crippen LogP contribution in [0.25, 0.3) is 0 Å². The fourth-order valence-electron chi connectivity index (χ4n) is 2.24. The molecule has 0 saturated heterocycles. The fraction of sp³-hybridized carbons (Fsp3) is 0.500. The maximum atomic E-state index is 12.8. The van der Waals surface area contributed by atoms with Crippen LogP contribution in [-0.2, 0) is 10.0 Å². The summed E-state index contributed by atoms with van der Waals surface area (Å²) in [7, 11) is -1.87. The summed E-state index contributed by atoms with van der Waals surface area (Å²) in [4.78, 5) is 0.160. The Morgan fingerprint density at radius 3 is 2.24 bits per heavy atom. The Kier molecular flexibility index (Phi) is 3.49. The van der Waals surface area contributed by atoms with Crippen molar-refractivity contribution in [3.63, 3.8) is 0 Å². The number of nitrogens with zero attached hydrogens (tertiary/aromatic N) is 1. The van der Waals surface area contributed by atoms with Gasteiger partial charge in [-0.05, 0) is 37.1 Å². The molecule has 0 aliphatic heterocycles. The molecule has 0 N–H and O–H groups in total. The number of rotatable bonds is 3. The van der Waals surface area contributed by atoms with Crippen molar-refractivity contribution in [3.8, 4) is 0 Å². The molecule has 5 heteroatoms. The van der Waals surface area contributed by atoms with Crippen molar-refractivity contribution >= 4 is 10.0 Å². The van der Waals surface area contributed by atoms with Crippen molar-refractivity contribution in [2.45, 2.75) is 36.6 Å². The zero-order chi connectivity index (χ0) is 12.5. The van der Waals surface area contributed by atoms with Crippen molar-refractivity contribution in [1.29, 1.82) is 0 Å². The molecule has 1 saturated carbocycles. The Hall–Kier alpha value is -0.940. The Labute approximate surface area is 101 Å². The highest BCUT2D eigenvalue weighted by Gasteiger charge is 2.29. The maximum Gasteiger partial charge on any atom is 0.243 e. The Morgan fingerprint density at radius 1 is 1.18 bits per heavy atom. The van der Waals surface area contributed by atoms with E-state index in [1.165, 1.54) is 28.6 Å². The summed E-state index contributed by atoms with van der Waals surface area (Å²) in [5, 5.41) is 0. The van der Waals surface area contributed by atoms with Crippen molar-refractivity contribution < 1.29 is 12.8 Å². The van der Waals surface area contributed by atoms with Gasteiger partial charge in [-0.1, -0.05) is 12.8 Å². The highest BCUT2D eigenvalue weighted by molar-refractivity contribution is 7.89. The van der Waals surface area contributed by atoms with Crippen molar-refractivity contribution in [3.05, 3.63) is 30.1 Å². The number of hydrogen-bond acceptors (Lipinski definition) is 2. The zero-order valence-corrected chi connectivity index (χ0v) is 10.6.